The molecule has 2 heterocycles. The highest BCUT2D eigenvalue weighted by Crippen LogP contribution is 2.43. The topological polar surface area (TPSA) is 24.8 Å². The van der Waals surface area contributed by atoms with Gasteiger partial charge in [0, 0.05) is 22.4 Å². The summed E-state index contributed by atoms with van der Waals surface area (Å²) in [6, 6.07) is 12.7. The van der Waals surface area contributed by atoms with E-state index in [2.05, 4.69) is 47.1 Å². The van der Waals surface area contributed by atoms with Crippen molar-refractivity contribution in [2.75, 3.05) is 20.2 Å². The summed E-state index contributed by atoms with van der Waals surface area (Å²) in [7, 11) is 1.72. The van der Waals surface area contributed by atoms with Crippen LogP contribution in [-0.2, 0) is 0 Å². The van der Waals surface area contributed by atoms with Crippen LogP contribution in [0.5, 0.6) is 5.75 Å². The third kappa shape index (κ3) is 1.86. The average molecular weight is 296 g/mol. The summed E-state index contributed by atoms with van der Waals surface area (Å²) in [6.45, 7) is 4.06. The maximum absolute atomic E-state index is 5.50. The molecule has 0 bridgehead atoms. The van der Waals surface area contributed by atoms with Crippen molar-refractivity contribution in [3.63, 3.8) is 0 Å². The van der Waals surface area contributed by atoms with E-state index in [1.165, 1.54) is 21.6 Å². The van der Waals surface area contributed by atoms with Crippen LogP contribution in [0.25, 0.3) is 16.5 Å². The van der Waals surface area contributed by atoms with Gasteiger partial charge in [-0.15, -0.1) is 0 Å². The summed E-state index contributed by atoms with van der Waals surface area (Å²) in [5, 5.41) is 3.54. The second kappa shape index (κ2) is 4.81. The normalized spacial score (nSPS) is 17.4. The molecule has 0 saturated carbocycles. The van der Waals surface area contributed by atoms with Gasteiger partial charge in [-0.1, -0.05) is 42.1 Å². The van der Waals surface area contributed by atoms with Gasteiger partial charge < -0.3 is 9.64 Å². The van der Waals surface area contributed by atoms with Crippen molar-refractivity contribution in [3.8, 4) is 5.75 Å². The molecular weight excluding hydrogens is 280 g/mol. The second-order valence-corrected chi connectivity index (χ2v) is 6.37. The average Bonchev–Trinajstić information content (AvgIpc) is 3.06. The summed E-state index contributed by atoms with van der Waals surface area (Å²) in [5.74, 6) is 0.925. The molecule has 2 aromatic carbocycles. The third-order valence-corrected chi connectivity index (χ3v) is 5.04. The molecule has 2 aliphatic rings. The Bertz CT molecular complexity index is 794. The first kappa shape index (κ1) is 12.8. The number of benzene rings is 2. The van der Waals surface area contributed by atoms with Gasteiger partial charge in [0.25, 0.3) is 0 Å². The third-order valence-electron chi connectivity index (χ3n) is 4.01. The van der Waals surface area contributed by atoms with E-state index in [9.17, 15) is 0 Å². The molecule has 2 aromatic rings. The molecule has 0 aromatic heterocycles. The van der Waals surface area contributed by atoms with Crippen molar-refractivity contribution in [3.05, 3.63) is 46.9 Å². The molecule has 4 heteroatoms. The van der Waals surface area contributed by atoms with Crippen LogP contribution < -0.4 is 4.74 Å². The van der Waals surface area contributed by atoms with Gasteiger partial charge in [0.15, 0.2) is 5.17 Å². The van der Waals surface area contributed by atoms with E-state index in [-0.39, 0.29) is 0 Å². The molecule has 0 N–H and O–H groups in total. The maximum Gasteiger partial charge on any atom is 0.168 e. The Morgan fingerprint density at radius 3 is 2.81 bits per heavy atom. The van der Waals surface area contributed by atoms with Gasteiger partial charge in [-0.2, -0.15) is 0 Å². The van der Waals surface area contributed by atoms with Crippen molar-refractivity contribution in [2.45, 2.75) is 6.92 Å². The Hall–Kier alpha value is -1.94. The SMILES string of the molecule is COc1cccc2c(C3=C(C)SC4=NCCN43)cccc12. The minimum atomic E-state index is 0.896. The fourth-order valence-corrected chi connectivity index (χ4v) is 4.14. The second-order valence-electron chi connectivity index (χ2n) is 5.18. The number of aliphatic imine (C=N–C) groups is 1. The van der Waals surface area contributed by atoms with E-state index in [1.54, 1.807) is 18.9 Å². The van der Waals surface area contributed by atoms with Crippen LogP contribution in [0.3, 0.4) is 0 Å². The van der Waals surface area contributed by atoms with E-state index >= 15 is 0 Å². The van der Waals surface area contributed by atoms with Crippen molar-refractivity contribution in [1.29, 1.82) is 0 Å². The summed E-state index contributed by atoms with van der Waals surface area (Å²) >= 11 is 1.78. The number of ether oxygens (including phenoxy) is 1. The minimum absolute atomic E-state index is 0.896. The van der Waals surface area contributed by atoms with E-state index in [4.69, 9.17) is 4.74 Å². The van der Waals surface area contributed by atoms with Crippen molar-refractivity contribution >= 4 is 33.4 Å². The lowest BCUT2D eigenvalue weighted by Gasteiger charge is -2.19. The Balaban J connectivity index is 1.95. The first-order valence-corrected chi connectivity index (χ1v) is 7.88. The monoisotopic (exact) mass is 296 g/mol. The fraction of sp³-hybridized carbons (Fsp3) is 0.235. The lowest BCUT2D eigenvalue weighted by molar-refractivity contribution is 0.420. The number of thioether (sulfide) groups is 1. The van der Waals surface area contributed by atoms with Crippen LogP contribution in [-0.4, -0.2) is 30.3 Å². The number of hydrogen-bond acceptors (Lipinski definition) is 4. The Morgan fingerprint density at radius 2 is 1.95 bits per heavy atom. The highest BCUT2D eigenvalue weighted by molar-refractivity contribution is 8.17. The maximum atomic E-state index is 5.50. The van der Waals surface area contributed by atoms with Crippen LogP contribution in [0, 0.1) is 0 Å². The van der Waals surface area contributed by atoms with E-state index in [0.29, 0.717) is 0 Å². The summed E-state index contributed by atoms with van der Waals surface area (Å²) in [4.78, 5) is 8.24. The van der Waals surface area contributed by atoms with Gasteiger partial charge in [-0.3, -0.25) is 4.99 Å². The largest absolute Gasteiger partial charge is 0.496 e. The van der Waals surface area contributed by atoms with E-state index in [1.807, 2.05) is 6.07 Å². The van der Waals surface area contributed by atoms with E-state index in [0.717, 1.165) is 29.4 Å². The molecule has 0 unspecified atom stereocenters. The van der Waals surface area contributed by atoms with Gasteiger partial charge >= 0.3 is 0 Å². The molecule has 0 fully saturated rings. The number of allylic oxidation sites excluding steroid dienone is 1. The molecule has 3 nitrogen and oxygen atoms in total. The zero-order chi connectivity index (χ0) is 14.4. The summed E-state index contributed by atoms with van der Waals surface area (Å²) < 4.78 is 5.50. The highest BCUT2D eigenvalue weighted by Gasteiger charge is 2.31. The first-order valence-electron chi connectivity index (χ1n) is 7.06. The van der Waals surface area contributed by atoms with Gasteiger partial charge in [-0.25, -0.2) is 0 Å². The highest BCUT2D eigenvalue weighted by atomic mass is 32.2. The van der Waals surface area contributed by atoms with Crippen molar-refractivity contribution in [2.24, 2.45) is 4.99 Å². The molecule has 4 rings (SSSR count). The molecule has 0 spiro atoms. The zero-order valence-electron chi connectivity index (χ0n) is 12.1. The van der Waals surface area contributed by atoms with Crippen molar-refractivity contribution in [1.82, 2.24) is 4.90 Å². The molecule has 0 atom stereocenters. The van der Waals surface area contributed by atoms with E-state index < -0.39 is 0 Å². The number of fused-ring (bicyclic) bond motifs is 2. The molecule has 21 heavy (non-hydrogen) atoms. The predicted molar refractivity (Wildman–Crippen MR) is 89.7 cm³/mol. The minimum Gasteiger partial charge on any atom is -0.496 e. The number of nitrogens with zero attached hydrogens (tertiary/aromatic N) is 2. The lowest BCUT2D eigenvalue weighted by Crippen LogP contribution is -2.20. The standard InChI is InChI=1S/C17H16N2OS/c1-11-16(19-10-9-18-17(19)21-11)14-7-3-6-13-12(14)5-4-8-15(13)20-2/h3-8H,9-10H2,1-2H3. The van der Waals surface area contributed by atoms with Crippen LogP contribution in [0.2, 0.25) is 0 Å². The van der Waals surface area contributed by atoms with Crippen molar-refractivity contribution < 1.29 is 4.74 Å². The van der Waals surface area contributed by atoms with Crippen LogP contribution >= 0.6 is 11.8 Å². The molecule has 0 radical (unpaired) electrons. The molecular formula is C17H16N2OS. The number of methoxy groups -OCH3 is 1. The number of rotatable bonds is 2. The quantitative estimate of drug-likeness (QED) is 0.838. The number of amidine groups is 1. The Labute approximate surface area is 128 Å². The smallest absolute Gasteiger partial charge is 0.168 e. The zero-order valence-corrected chi connectivity index (χ0v) is 12.9. The molecule has 0 aliphatic carbocycles. The molecule has 0 amide bonds. The fourth-order valence-electron chi connectivity index (χ4n) is 3.10. The molecule has 106 valence electrons. The molecule has 0 saturated heterocycles. The molecule has 2 aliphatic heterocycles. The lowest BCUT2D eigenvalue weighted by atomic mass is 10.0. The van der Waals surface area contributed by atoms with Gasteiger partial charge in [0.1, 0.15) is 5.75 Å². The van der Waals surface area contributed by atoms with Gasteiger partial charge in [0.2, 0.25) is 0 Å². The van der Waals surface area contributed by atoms with Gasteiger partial charge in [-0.05, 0) is 18.4 Å². The predicted octanol–water partition coefficient (Wildman–Crippen LogP) is 3.96. The van der Waals surface area contributed by atoms with Crippen LogP contribution in [0.15, 0.2) is 46.3 Å². The Morgan fingerprint density at radius 1 is 1.14 bits per heavy atom. The van der Waals surface area contributed by atoms with Crippen LogP contribution in [0.1, 0.15) is 12.5 Å². The van der Waals surface area contributed by atoms with Crippen LogP contribution in [0.4, 0.5) is 0 Å². The summed E-state index contributed by atoms with van der Waals surface area (Å²) in [5.41, 5.74) is 2.57. The number of hydrogen-bond donors (Lipinski definition) is 0. The first-order chi connectivity index (χ1) is 10.3. The summed E-state index contributed by atoms with van der Waals surface area (Å²) in [6.07, 6.45) is 0. The van der Waals surface area contributed by atoms with Gasteiger partial charge in [0.05, 0.1) is 19.4 Å². The Kier molecular flexibility index (Phi) is 2.93.